The number of nitrogens with zero attached hydrogens (tertiary/aromatic N) is 9. The molecule has 8 aromatic rings. The minimum atomic E-state index is -0.837. The van der Waals surface area contributed by atoms with Crippen molar-refractivity contribution < 1.29 is 22.8 Å². The number of fused-ring (bicyclic) bond motifs is 3. The molecule has 15 nitrogen and oxygen atoms in total. The van der Waals surface area contributed by atoms with E-state index in [9.17, 15) is 9.59 Å². The van der Waals surface area contributed by atoms with Crippen LogP contribution >= 0.6 is 0 Å². The zero-order chi connectivity index (χ0) is 44.0. The van der Waals surface area contributed by atoms with Crippen LogP contribution in [0.2, 0.25) is 0 Å². The lowest BCUT2D eigenvalue weighted by molar-refractivity contribution is -0.0132. The van der Waals surface area contributed by atoms with Crippen LogP contribution in [0, 0.1) is 31.4 Å². The minimum Gasteiger partial charge on any atom is -0.375 e. The predicted octanol–water partition coefficient (Wildman–Crippen LogP) is 6.64. The Hall–Kier alpha value is -6.88. The molecular formula is C47H44F2N10O5. The molecule has 5 aromatic heterocycles. The lowest BCUT2D eigenvalue weighted by Gasteiger charge is -2.30. The van der Waals surface area contributed by atoms with Crippen molar-refractivity contribution in [1.82, 2.24) is 48.3 Å². The molecule has 1 amide bonds. The third-order valence-corrected chi connectivity index (χ3v) is 14.4. The Morgan fingerprint density at radius 1 is 0.953 bits per heavy atom. The van der Waals surface area contributed by atoms with Gasteiger partial charge in [0.25, 0.3) is 5.91 Å². The summed E-state index contributed by atoms with van der Waals surface area (Å²) in [5.41, 5.74) is 4.31. The molecule has 0 radical (unpaired) electrons. The van der Waals surface area contributed by atoms with Gasteiger partial charge in [-0.2, -0.15) is 10.2 Å². The van der Waals surface area contributed by atoms with Gasteiger partial charge in [-0.15, -0.1) is 0 Å². The number of halogens is 2. The average molecular weight is 867 g/mol. The van der Waals surface area contributed by atoms with Crippen molar-refractivity contribution >= 4 is 27.7 Å². The molecule has 3 atom stereocenters. The van der Waals surface area contributed by atoms with E-state index in [4.69, 9.17) is 14.4 Å². The largest absolute Gasteiger partial charge is 0.438 e. The fraction of sp³-hybridized carbons (Fsp3) is 0.362. The Kier molecular flexibility index (Phi) is 8.22. The molecule has 1 spiro atoms. The second-order valence-corrected chi connectivity index (χ2v) is 18.3. The van der Waals surface area contributed by atoms with E-state index >= 15 is 13.6 Å². The lowest BCUT2D eigenvalue weighted by atomic mass is 9.87. The van der Waals surface area contributed by atoms with Crippen LogP contribution in [0.1, 0.15) is 89.2 Å². The summed E-state index contributed by atoms with van der Waals surface area (Å²) in [7, 11) is 1.72. The van der Waals surface area contributed by atoms with E-state index in [1.807, 2.05) is 10.6 Å². The molecule has 1 N–H and O–H groups in total. The van der Waals surface area contributed by atoms with E-state index in [1.54, 1.807) is 65.6 Å². The van der Waals surface area contributed by atoms with Gasteiger partial charge in [-0.3, -0.25) is 28.1 Å². The third kappa shape index (κ3) is 5.64. The first-order valence-electron chi connectivity index (χ1n) is 21.8. The Balaban J connectivity index is 0.983. The topological polar surface area (TPSA) is 156 Å². The van der Waals surface area contributed by atoms with Gasteiger partial charge in [-0.05, 0) is 117 Å². The monoisotopic (exact) mass is 866 g/mol. The summed E-state index contributed by atoms with van der Waals surface area (Å²) in [5, 5.41) is 14.5. The number of amides is 1. The lowest BCUT2D eigenvalue weighted by Crippen LogP contribution is -2.39. The maximum Gasteiger partial charge on any atom is 0.438 e. The SMILES string of the molecule is Cc1cc(-n2nc3c(c2-n2ccn(-c4ccc5c(cnn5C)c4F)c2=O)CN(C(=O)c2cc4cc([C@@H]5CCOC6(CC6)C5)ccc4n2[C@]2(c4noc(=O)[nH]4)C[C@@H]2C)CC3)cc(C)c1F. The molecule has 3 aromatic carbocycles. The first-order chi connectivity index (χ1) is 30.8. The third-order valence-electron chi connectivity index (χ3n) is 14.4. The smallest absolute Gasteiger partial charge is 0.375 e. The Labute approximate surface area is 363 Å². The average Bonchev–Trinajstić information content (AvgIpc) is 3.71. The van der Waals surface area contributed by atoms with Crippen molar-refractivity contribution in [3.63, 3.8) is 0 Å². The number of H-pyrrole nitrogens is 1. The summed E-state index contributed by atoms with van der Waals surface area (Å²) < 4.78 is 50.2. The molecule has 12 rings (SSSR count). The molecule has 4 aliphatic rings. The number of nitrogens with one attached hydrogen (secondary N) is 1. The van der Waals surface area contributed by atoms with Crippen LogP contribution < -0.4 is 11.4 Å². The Bertz CT molecular complexity index is 3370. The molecule has 64 heavy (non-hydrogen) atoms. The first kappa shape index (κ1) is 38.8. The summed E-state index contributed by atoms with van der Waals surface area (Å²) in [6.45, 7) is 6.53. The second-order valence-electron chi connectivity index (χ2n) is 18.3. The molecule has 0 bridgehead atoms. The van der Waals surface area contributed by atoms with Crippen LogP contribution in [-0.2, 0) is 30.3 Å². The van der Waals surface area contributed by atoms with Crippen molar-refractivity contribution in [2.75, 3.05) is 13.2 Å². The highest BCUT2D eigenvalue weighted by atomic mass is 19.1. The molecule has 0 unspecified atom stereocenters. The second kappa shape index (κ2) is 13.6. The summed E-state index contributed by atoms with van der Waals surface area (Å²) in [6, 6.07) is 15.0. The summed E-state index contributed by atoms with van der Waals surface area (Å²) in [5.74, 6) is -0.797. The molecule has 2 saturated carbocycles. The molecular weight excluding hydrogens is 823 g/mol. The van der Waals surface area contributed by atoms with Gasteiger partial charge >= 0.3 is 11.4 Å². The number of rotatable bonds is 7. The first-order valence-corrected chi connectivity index (χ1v) is 21.8. The fourth-order valence-corrected chi connectivity index (χ4v) is 10.7. The van der Waals surface area contributed by atoms with Crippen molar-refractivity contribution in [3.05, 3.63) is 139 Å². The zero-order valence-corrected chi connectivity index (χ0v) is 35.7. The van der Waals surface area contributed by atoms with Crippen LogP contribution in [-0.4, -0.2) is 73.0 Å². The van der Waals surface area contributed by atoms with Crippen LogP contribution in [0.25, 0.3) is 39.0 Å². The summed E-state index contributed by atoms with van der Waals surface area (Å²) in [4.78, 5) is 46.9. The number of benzene rings is 3. The highest BCUT2D eigenvalue weighted by molar-refractivity contribution is 5.99. The quantitative estimate of drug-likeness (QED) is 0.187. The predicted molar refractivity (Wildman–Crippen MR) is 230 cm³/mol. The van der Waals surface area contributed by atoms with E-state index in [0.717, 1.165) is 43.2 Å². The van der Waals surface area contributed by atoms with E-state index < -0.39 is 22.8 Å². The summed E-state index contributed by atoms with van der Waals surface area (Å²) >= 11 is 0. The van der Waals surface area contributed by atoms with Gasteiger partial charge in [0, 0.05) is 55.5 Å². The molecule has 326 valence electrons. The number of carbonyl (C=O) groups is 1. The zero-order valence-electron chi connectivity index (χ0n) is 35.7. The van der Waals surface area contributed by atoms with Crippen LogP contribution in [0.4, 0.5) is 8.78 Å². The molecule has 2 aliphatic carbocycles. The fourth-order valence-electron chi connectivity index (χ4n) is 10.7. The van der Waals surface area contributed by atoms with Crippen molar-refractivity contribution in [2.45, 2.75) is 82.9 Å². The van der Waals surface area contributed by atoms with E-state index in [2.05, 4.69) is 40.4 Å². The van der Waals surface area contributed by atoms with Gasteiger partial charge in [0.15, 0.2) is 11.6 Å². The highest BCUT2D eigenvalue weighted by Gasteiger charge is 2.59. The van der Waals surface area contributed by atoms with Crippen molar-refractivity contribution in [2.24, 2.45) is 13.0 Å². The van der Waals surface area contributed by atoms with Crippen LogP contribution in [0.5, 0.6) is 0 Å². The summed E-state index contributed by atoms with van der Waals surface area (Å²) in [6.07, 6.45) is 9.52. The van der Waals surface area contributed by atoms with Crippen LogP contribution in [0.15, 0.2) is 81.2 Å². The van der Waals surface area contributed by atoms with Crippen molar-refractivity contribution in [1.29, 1.82) is 0 Å². The number of aromatic amines is 1. The molecule has 3 fully saturated rings. The molecule has 7 heterocycles. The van der Waals surface area contributed by atoms with Gasteiger partial charge in [-0.1, -0.05) is 18.1 Å². The van der Waals surface area contributed by atoms with E-state index in [-0.39, 0.29) is 40.9 Å². The number of imidazole rings is 1. The maximum absolute atomic E-state index is 16.1. The molecule has 17 heteroatoms. The molecule has 1 saturated heterocycles. The van der Waals surface area contributed by atoms with Gasteiger partial charge in [0.2, 0.25) is 0 Å². The Morgan fingerprint density at radius 2 is 1.72 bits per heavy atom. The van der Waals surface area contributed by atoms with Crippen LogP contribution in [0.3, 0.4) is 0 Å². The van der Waals surface area contributed by atoms with Crippen molar-refractivity contribution in [3.8, 4) is 17.2 Å². The number of carbonyl (C=O) groups excluding carboxylic acids is 1. The van der Waals surface area contributed by atoms with Gasteiger partial charge in [0.05, 0.1) is 46.3 Å². The number of hydrogen-bond acceptors (Lipinski definition) is 8. The maximum atomic E-state index is 16.1. The number of ether oxygens (including phenoxy) is 1. The number of aryl methyl sites for hydroxylation is 3. The standard InChI is InChI=1S/C47H44F2N10O5/c1-25-17-31(18-26(2)39(25)48)59-41(57-15-14-56(45(57)62)37-8-7-36-32(40(37)49)23-50-54(36)4)33-24-55(13-9-34(33)52-59)42(60)38-20-30-19-28(29-10-16-63-46(22-29)11-12-46)5-6-35(30)58(38)47(21-27(47)3)43-51-44(61)64-53-43/h5-8,14-15,17-20,23,27,29H,9-13,16,21-22,24H2,1-4H3,(H,51,53,61)/t27-,29+,47+/m0/s1. The normalized spacial score (nSPS) is 21.3. The highest BCUT2D eigenvalue weighted by Crippen LogP contribution is 2.56. The Morgan fingerprint density at radius 3 is 2.45 bits per heavy atom. The van der Waals surface area contributed by atoms with E-state index in [0.29, 0.717) is 76.2 Å². The number of hydrogen-bond donors (Lipinski definition) is 1. The van der Waals surface area contributed by atoms with E-state index in [1.165, 1.54) is 27.1 Å². The minimum absolute atomic E-state index is 0.0104. The van der Waals surface area contributed by atoms with Gasteiger partial charge in [0.1, 0.15) is 22.9 Å². The number of aromatic nitrogens is 9. The molecule has 2 aliphatic heterocycles. The van der Waals surface area contributed by atoms with Gasteiger partial charge < -0.3 is 14.2 Å². The van der Waals surface area contributed by atoms with Gasteiger partial charge in [-0.25, -0.2) is 23.1 Å².